The van der Waals surface area contributed by atoms with Crippen molar-refractivity contribution in [1.29, 1.82) is 0 Å². The Morgan fingerprint density at radius 2 is 1.50 bits per heavy atom. The fourth-order valence-corrected chi connectivity index (χ4v) is 3.11. The summed E-state index contributed by atoms with van der Waals surface area (Å²) < 4.78 is 0. The van der Waals surface area contributed by atoms with Crippen molar-refractivity contribution in [2.75, 3.05) is 19.6 Å². The summed E-state index contributed by atoms with van der Waals surface area (Å²) in [5, 5.41) is 0. The van der Waals surface area contributed by atoms with Crippen molar-refractivity contribution in [3.63, 3.8) is 0 Å². The van der Waals surface area contributed by atoms with Crippen LogP contribution in [-0.2, 0) is 0 Å². The van der Waals surface area contributed by atoms with Crippen LogP contribution in [0.4, 0.5) is 0 Å². The molecule has 2 fully saturated rings. The van der Waals surface area contributed by atoms with E-state index in [1.807, 2.05) is 0 Å². The van der Waals surface area contributed by atoms with Gasteiger partial charge in [-0.15, -0.1) is 0 Å². The monoisotopic (exact) mass is 224 g/mol. The van der Waals surface area contributed by atoms with E-state index in [9.17, 15) is 0 Å². The van der Waals surface area contributed by atoms with Crippen LogP contribution >= 0.6 is 0 Å². The van der Waals surface area contributed by atoms with Crippen molar-refractivity contribution in [3.05, 3.63) is 0 Å². The van der Waals surface area contributed by atoms with Crippen LogP contribution in [0.2, 0.25) is 0 Å². The number of hydrogen-bond acceptors (Lipinski definition) is 2. The normalized spacial score (nSPS) is 31.7. The minimum Gasteiger partial charge on any atom is -0.328 e. The first-order valence-electron chi connectivity index (χ1n) is 7.26. The molecule has 0 aromatic rings. The van der Waals surface area contributed by atoms with Gasteiger partial charge >= 0.3 is 0 Å². The average Bonchev–Trinajstić information content (AvgIpc) is 2.24. The van der Waals surface area contributed by atoms with Crippen LogP contribution in [0.15, 0.2) is 0 Å². The van der Waals surface area contributed by atoms with E-state index in [1.54, 1.807) is 0 Å². The average molecular weight is 224 g/mol. The molecule has 0 unspecified atom stereocenters. The summed E-state index contributed by atoms with van der Waals surface area (Å²) in [4.78, 5) is 2.69. The van der Waals surface area contributed by atoms with Crippen molar-refractivity contribution >= 4 is 0 Å². The molecule has 0 spiro atoms. The summed E-state index contributed by atoms with van der Waals surface area (Å²) in [7, 11) is 0. The molecular formula is C14H28N2. The third-order valence-electron chi connectivity index (χ3n) is 4.60. The standard InChI is InChI=1S/C14H28N2/c1-2-16(10-12-4-3-5-12)11-13-6-8-14(15)9-7-13/h12-14H,2-11,15H2,1H3. The predicted octanol–water partition coefficient (Wildman–Crippen LogP) is 2.63. The molecule has 0 radical (unpaired) electrons. The van der Waals surface area contributed by atoms with Gasteiger partial charge in [-0.2, -0.15) is 0 Å². The zero-order chi connectivity index (χ0) is 11.4. The van der Waals surface area contributed by atoms with Crippen molar-refractivity contribution < 1.29 is 0 Å². The second kappa shape index (κ2) is 6.02. The zero-order valence-electron chi connectivity index (χ0n) is 10.8. The molecular weight excluding hydrogens is 196 g/mol. The first-order chi connectivity index (χ1) is 7.78. The minimum atomic E-state index is 0.498. The topological polar surface area (TPSA) is 29.3 Å². The van der Waals surface area contributed by atoms with Gasteiger partial charge < -0.3 is 10.6 Å². The molecule has 0 atom stereocenters. The van der Waals surface area contributed by atoms with Crippen molar-refractivity contribution in [1.82, 2.24) is 4.90 Å². The Kier molecular flexibility index (Phi) is 4.66. The summed E-state index contributed by atoms with van der Waals surface area (Å²) in [5.74, 6) is 1.95. The summed E-state index contributed by atoms with van der Waals surface area (Å²) in [6.07, 6.45) is 9.67. The maximum absolute atomic E-state index is 5.96. The van der Waals surface area contributed by atoms with Gasteiger partial charge in [0.2, 0.25) is 0 Å². The largest absolute Gasteiger partial charge is 0.328 e. The van der Waals surface area contributed by atoms with Gasteiger partial charge in [0.25, 0.3) is 0 Å². The lowest BCUT2D eigenvalue weighted by molar-refractivity contribution is 0.147. The molecule has 2 saturated carbocycles. The predicted molar refractivity (Wildman–Crippen MR) is 69.4 cm³/mol. The number of nitrogens with two attached hydrogens (primary N) is 1. The van der Waals surface area contributed by atoms with Gasteiger partial charge in [0.1, 0.15) is 0 Å². The summed E-state index contributed by atoms with van der Waals surface area (Å²) in [6, 6.07) is 0.498. The molecule has 16 heavy (non-hydrogen) atoms. The fourth-order valence-electron chi connectivity index (χ4n) is 3.11. The van der Waals surface area contributed by atoms with Gasteiger partial charge in [-0.3, -0.25) is 0 Å². The molecule has 2 N–H and O–H groups in total. The van der Waals surface area contributed by atoms with E-state index < -0.39 is 0 Å². The molecule has 0 saturated heterocycles. The van der Waals surface area contributed by atoms with E-state index >= 15 is 0 Å². The highest BCUT2D eigenvalue weighted by Crippen LogP contribution is 2.29. The van der Waals surface area contributed by atoms with Gasteiger partial charge in [0.05, 0.1) is 0 Å². The lowest BCUT2D eigenvalue weighted by Gasteiger charge is -2.35. The summed E-state index contributed by atoms with van der Waals surface area (Å²) in [6.45, 7) is 6.24. The second-order valence-electron chi connectivity index (χ2n) is 5.93. The highest BCUT2D eigenvalue weighted by molar-refractivity contribution is 4.79. The van der Waals surface area contributed by atoms with Gasteiger partial charge in [-0.05, 0) is 56.9 Å². The number of nitrogens with zero attached hydrogens (tertiary/aromatic N) is 1. The molecule has 0 heterocycles. The summed E-state index contributed by atoms with van der Waals surface area (Å²) >= 11 is 0. The molecule has 2 rings (SSSR count). The molecule has 2 aliphatic rings. The van der Waals surface area contributed by atoms with Crippen molar-refractivity contribution in [3.8, 4) is 0 Å². The lowest BCUT2D eigenvalue weighted by Crippen LogP contribution is -2.38. The second-order valence-corrected chi connectivity index (χ2v) is 5.93. The highest BCUT2D eigenvalue weighted by atomic mass is 15.1. The molecule has 0 aliphatic heterocycles. The molecule has 0 aromatic carbocycles. The smallest absolute Gasteiger partial charge is 0.00390 e. The Bertz CT molecular complexity index is 193. The first-order valence-corrected chi connectivity index (χ1v) is 7.26. The van der Waals surface area contributed by atoms with E-state index in [4.69, 9.17) is 5.73 Å². The molecule has 2 heteroatoms. The van der Waals surface area contributed by atoms with Crippen LogP contribution in [0.3, 0.4) is 0 Å². The molecule has 0 aromatic heterocycles. The first kappa shape index (κ1) is 12.4. The quantitative estimate of drug-likeness (QED) is 0.778. The Hall–Kier alpha value is -0.0800. The Labute approximate surface area is 101 Å². The molecule has 2 nitrogen and oxygen atoms in total. The number of hydrogen-bond donors (Lipinski definition) is 1. The van der Waals surface area contributed by atoms with Crippen LogP contribution in [0.25, 0.3) is 0 Å². The maximum Gasteiger partial charge on any atom is 0.00390 e. The van der Waals surface area contributed by atoms with Crippen LogP contribution < -0.4 is 5.73 Å². The molecule has 2 aliphatic carbocycles. The van der Waals surface area contributed by atoms with Crippen LogP contribution in [-0.4, -0.2) is 30.6 Å². The highest BCUT2D eigenvalue weighted by Gasteiger charge is 2.24. The lowest BCUT2D eigenvalue weighted by atomic mass is 9.83. The van der Waals surface area contributed by atoms with Crippen LogP contribution in [0.1, 0.15) is 51.9 Å². The minimum absolute atomic E-state index is 0.498. The maximum atomic E-state index is 5.96. The third-order valence-corrected chi connectivity index (χ3v) is 4.60. The molecule has 0 bridgehead atoms. The van der Waals surface area contributed by atoms with Crippen molar-refractivity contribution in [2.45, 2.75) is 57.9 Å². The summed E-state index contributed by atoms with van der Waals surface area (Å²) in [5.41, 5.74) is 5.96. The van der Waals surface area contributed by atoms with E-state index in [2.05, 4.69) is 11.8 Å². The molecule has 94 valence electrons. The van der Waals surface area contributed by atoms with Gasteiger partial charge in [-0.1, -0.05) is 13.3 Å². The zero-order valence-corrected chi connectivity index (χ0v) is 10.8. The van der Waals surface area contributed by atoms with Gasteiger partial charge in [-0.25, -0.2) is 0 Å². The third kappa shape index (κ3) is 3.46. The van der Waals surface area contributed by atoms with Crippen LogP contribution in [0, 0.1) is 11.8 Å². The van der Waals surface area contributed by atoms with Gasteiger partial charge in [0.15, 0.2) is 0 Å². The van der Waals surface area contributed by atoms with Crippen LogP contribution in [0.5, 0.6) is 0 Å². The fraction of sp³-hybridized carbons (Fsp3) is 1.00. The molecule has 0 amide bonds. The number of rotatable bonds is 5. The van der Waals surface area contributed by atoms with Gasteiger partial charge in [0, 0.05) is 19.1 Å². The Balaban J connectivity index is 1.68. The Morgan fingerprint density at radius 3 is 1.94 bits per heavy atom. The van der Waals surface area contributed by atoms with E-state index in [0.29, 0.717) is 6.04 Å². The van der Waals surface area contributed by atoms with E-state index in [0.717, 1.165) is 11.8 Å². The van der Waals surface area contributed by atoms with Crippen molar-refractivity contribution in [2.24, 2.45) is 17.6 Å². The SMILES string of the molecule is CCN(CC1CCC1)CC1CCC(N)CC1. The van der Waals surface area contributed by atoms with E-state index in [1.165, 1.54) is 64.6 Å². The van der Waals surface area contributed by atoms with E-state index in [-0.39, 0.29) is 0 Å². The Morgan fingerprint density at radius 1 is 0.938 bits per heavy atom.